The van der Waals surface area contributed by atoms with Crippen LogP contribution in [-0.2, 0) is 6.42 Å². The average molecular weight is 342 g/mol. The molecule has 114 valence electrons. The standard InChI is InChI=1S/C17H28BrNO/c1-6-9-19-13(2)11-17(3,4)12-14-10-15(18)7-8-16(14)20-5/h7-8,10,13,19H,6,9,11-12H2,1-5H3. The Balaban J connectivity index is 2.72. The van der Waals surface area contributed by atoms with Gasteiger partial charge in [-0.2, -0.15) is 0 Å². The molecule has 1 atom stereocenters. The summed E-state index contributed by atoms with van der Waals surface area (Å²) < 4.78 is 6.59. The summed E-state index contributed by atoms with van der Waals surface area (Å²) in [6.45, 7) is 10.2. The van der Waals surface area contributed by atoms with Gasteiger partial charge in [0.25, 0.3) is 0 Å². The van der Waals surface area contributed by atoms with Crippen LogP contribution in [0.1, 0.15) is 46.1 Å². The molecule has 20 heavy (non-hydrogen) atoms. The SMILES string of the molecule is CCCNC(C)CC(C)(C)Cc1cc(Br)ccc1OC. The molecule has 1 aromatic carbocycles. The summed E-state index contributed by atoms with van der Waals surface area (Å²) in [5.74, 6) is 0.982. The van der Waals surface area contributed by atoms with Gasteiger partial charge in [-0.1, -0.05) is 36.7 Å². The highest BCUT2D eigenvalue weighted by atomic mass is 79.9. The van der Waals surface area contributed by atoms with Crippen LogP contribution in [-0.4, -0.2) is 19.7 Å². The van der Waals surface area contributed by atoms with Gasteiger partial charge < -0.3 is 10.1 Å². The van der Waals surface area contributed by atoms with E-state index in [9.17, 15) is 0 Å². The van der Waals surface area contributed by atoms with Crippen molar-refractivity contribution >= 4 is 15.9 Å². The molecule has 0 saturated heterocycles. The van der Waals surface area contributed by atoms with Crippen molar-refractivity contribution in [2.45, 2.75) is 53.0 Å². The lowest BCUT2D eigenvalue weighted by molar-refractivity contribution is 0.282. The van der Waals surface area contributed by atoms with Gasteiger partial charge in [-0.25, -0.2) is 0 Å². The lowest BCUT2D eigenvalue weighted by atomic mass is 9.80. The number of nitrogens with one attached hydrogen (secondary N) is 1. The summed E-state index contributed by atoms with van der Waals surface area (Å²) in [7, 11) is 1.74. The van der Waals surface area contributed by atoms with Gasteiger partial charge >= 0.3 is 0 Å². The fourth-order valence-electron chi connectivity index (χ4n) is 2.76. The van der Waals surface area contributed by atoms with E-state index in [0.29, 0.717) is 6.04 Å². The predicted octanol–water partition coefficient (Wildman–Crippen LogP) is 4.80. The van der Waals surface area contributed by atoms with E-state index in [1.807, 2.05) is 12.1 Å². The van der Waals surface area contributed by atoms with Gasteiger partial charge in [0.15, 0.2) is 0 Å². The molecule has 0 fully saturated rings. The molecule has 0 aliphatic heterocycles. The molecular weight excluding hydrogens is 314 g/mol. The Morgan fingerprint density at radius 1 is 1.35 bits per heavy atom. The number of hydrogen-bond acceptors (Lipinski definition) is 2. The van der Waals surface area contributed by atoms with Crippen molar-refractivity contribution in [1.29, 1.82) is 0 Å². The normalized spacial score (nSPS) is 13.3. The lowest BCUT2D eigenvalue weighted by Crippen LogP contribution is -2.32. The van der Waals surface area contributed by atoms with Crippen LogP contribution >= 0.6 is 15.9 Å². The van der Waals surface area contributed by atoms with Gasteiger partial charge in [0.05, 0.1) is 7.11 Å². The highest BCUT2D eigenvalue weighted by molar-refractivity contribution is 9.10. The fraction of sp³-hybridized carbons (Fsp3) is 0.647. The van der Waals surface area contributed by atoms with E-state index in [1.54, 1.807) is 7.11 Å². The van der Waals surface area contributed by atoms with Gasteiger partial charge in [-0.15, -0.1) is 0 Å². The number of ether oxygens (including phenoxy) is 1. The summed E-state index contributed by atoms with van der Waals surface area (Å²) in [5, 5.41) is 3.57. The zero-order chi connectivity index (χ0) is 15.2. The second-order valence-corrected chi connectivity index (χ2v) is 7.27. The summed E-state index contributed by atoms with van der Waals surface area (Å²) in [4.78, 5) is 0. The molecule has 2 nitrogen and oxygen atoms in total. The molecule has 0 radical (unpaired) electrons. The Morgan fingerprint density at radius 2 is 2.05 bits per heavy atom. The van der Waals surface area contributed by atoms with Crippen LogP contribution in [0.15, 0.2) is 22.7 Å². The Morgan fingerprint density at radius 3 is 2.65 bits per heavy atom. The molecule has 1 rings (SSSR count). The molecule has 0 amide bonds. The molecule has 0 heterocycles. The molecule has 0 bridgehead atoms. The molecule has 0 saturated carbocycles. The minimum absolute atomic E-state index is 0.244. The Kier molecular flexibility index (Phi) is 7.04. The summed E-state index contributed by atoms with van der Waals surface area (Å²) in [5.41, 5.74) is 1.52. The zero-order valence-corrected chi connectivity index (χ0v) is 15.0. The third kappa shape index (κ3) is 5.84. The smallest absolute Gasteiger partial charge is 0.122 e. The van der Waals surface area contributed by atoms with E-state index in [2.05, 4.69) is 55.0 Å². The first kappa shape index (κ1) is 17.5. The fourth-order valence-corrected chi connectivity index (χ4v) is 3.17. The van der Waals surface area contributed by atoms with Gasteiger partial charge in [0, 0.05) is 10.5 Å². The van der Waals surface area contributed by atoms with Gasteiger partial charge in [-0.05, 0) is 61.9 Å². The largest absolute Gasteiger partial charge is 0.496 e. The predicted molar refractivity (Wildman–Crippen MR) is 90.6 cm³/mol. The van der Waals surface area contributed by atoms with E-state index in [1.165, 1.54) is 12.0 Å². The summed E-state index contributed by atoms with van der Waals surface area (Å²) in [6, 6.07) is 6.78. The van der Waals surface area contributed by atoms with Crippen LogP contribution in [0, 0.1) is 5.41 Å². The first-order chi connectivity index (χ1) is 9.38. The summed E-state index contributed by atoms with van der Waals surface area (Å²) in [6.07, 6.45) is 3.36. The lowest BCUT2D eigenvalue weighted by Gasteiger charge is -2.29. The first-order valence-corrected chi connectivity index (χ1v) is 8.23. The minimum atomic E-state index is 0.244. The molecule has 1 aromatic rings. The van der Waals surface area contributed by atoms with Gasteiger partial charge in [0.1, 0.15) is 5.75 Å². The quantitative estimate of drug-likeness (QED) is 0.732. The second-order valence-electron chi connectivity index (χ2n) is 6.36. The third-order valence-electron chi connectivity index (χ3n) is 3.51. The third-order valence-corrected chi connectivity index (χ3v) is 4.01. The van der Waals surface area contributed by atoms with Gasteiger partial charge in [0.2, 0.25) is 0 Å². The summed E-state index contributed by atoms with van der Waals surface area (Å²) >= 11 is 3.55. The molecule has 1 N–H and O–H groups in total. The zero-order valence-electron chi connectivity index (χ0n) is 13.4. The van der Waals surface area contributed by atoms with Crippen molar-refractivity contribution in [2.75, 3.05) is 13.7 Å². The highest BCUT2D eigenvalue weighted by Gasteiger charge is 2.23. The van der Waals surface area contributed by atoms with Crippen molar-refractivity contribution in [2.24, 2.45) is 5.41 Å². The number of benzene rings is 1. The van der Waals surface area contributed by atoms with Gasteiger partial charge in [-0.3, -0.25) is 0 Å². The van der Waals surface area contributed by atoms with E-state index >= 15 is 0 Å². The number of hydrogen-bond donors (Lipinski definition) is 1. The molecule has 0 aliphatic rings. The Labute approximate surface area is 132 Å². The van der Waals surface area contributed by atoms with E-state index in [4.69, 9.17) is 4.74 Å². The van der Waals surface area contributed by atoms with E-state index in [-0.39, 0.29) is 5.41 Å². The van der Waals surface area contributed by atoms with Crippen LogP contribution in [0.3, 0.4) is 0 Å². The van der Waals surface area contributed by atoms with Crippen molar-refractivity contribution in [3.8, 4) is 5.75 Å². The van der Waals surface area contributed by atoms with Crippen molar-refractivity contribution in [1.82, 2.24) is 5.32 Å². The number of halogens is 1. The van der Waals surface area contributed by atoms with Crippen LogP contribution in [0.2, 0.25) is 0 Å². The maximum absolute atomic E-state index is 5.48. The average Bonchev–Trinajstić information content (AvgIpc) is 2.35. The second kappa shape index (κ2) is 8.04. The van der Waals surface area contributed by atoms with Crippen molar-refractivity contribution in [3.63, 3.8) is 0 Å². The Bertz CT molecular complexity index is 417. The molecule has 0 aromatic heterocycles. The van der Waals surface area contributed by atoms with Crippen molar-refractivity contribution in [3.05, 3.63) is 28.2 Å². The first-order valence-electron chi connectivity index (χ1n) is 7.43. The molecular formula is C17H28BrNO. The van der Waals surface area contributed by atoms with E-state index in [0.717, 1.165) is 29.6 Å². The highest BCUT2D eigenvalue weighted by Crippen LogP contribution is 2.33. The maximum Gasteiger partial charge on any atom is 0.122 e. The van der Waals surface area contributed by atoms with Crippen LogP contribution in [0.4, 0.5) is 0 Å². The van der Waals surface area contributed by atoms with Crippen LogP contribution < -0.4 is 10.1 Å². The van der Waals surface area contributed by atoms with Crippen molar-refractivity contribution < 1.29 is 4.74 Å². The molecule has 0 spiro atoms. The molecule has 3 heteroatoms. The van der Waals surface area contributed by atoms with E-state index < -0.39 is 0 Å². The Hall–Kier alpha value is -0.540. The van der Waals surface area contributed by atoms with Crippen LogP contribution in [0.25, 0.3) is 0 Å². The topological polar surface area (TPSA) is 21.3 Å². The maximum atomic E-state index is 5.48. The number of rotatable bonds is 8. The molecule has 0 aliphatic carbocycles. The minimum Gasteiger partial charge on any atom is -0.496 e. The molecule has 1 unspecified atom stereocenters. The van der Waals surface area contributed by atoms with Crippen LogP contribution in [0.5, 0.6) is 5.75 Å². The number of methoxy groups -OCH3 is 1. The monoisotopic (exact) mass is 341 g/mol.